The number of hydrogen-bond acceptors (Lipinski definition) is 3. The van der Waals surface area contributed by atoms with Gasteiger partial charge in [-0.15, -0.1) is 0 Å². The summed E-state index contributed by atoms with van der Waals surface area (Å²) in [5.74, 6) is -0.146. The van der Waals surface area contributed by atoms with Crippen LogP contribution < -0.4 is 10.2 Å². The fourth-order valence-corrected chi connectivity index (χ4v) is 3.78. The lowest BCUT2D eigenvalue weighted by atomic mass is 9.85. The van der Waals surface area contributed by atoms with Gasteiger partial charge in [-0.3, -0.25) is 0 Å². The molecule has 1 saturated carbocycles. The molecule has 0 aromatic heterocycles. The van der Waals surface area contributed by atoms with Crippen molar-refractivity contribution in [3.63, 3.8) is 0 Å². The number of anilines is 1. The van der Waals surface area contributed by atoms with Crippen LogP contribution in [0.4, 0.5) is 10.1 Å². The van der Waals surface area contributed by atoms with E-state index in [2.05, 4.69) is 10.2 Å². The van der Waals surface area contributed by atoms with E-state index in [0.717, 1.165) is 50.0 Å². The van der Waals surface area contributed by atoms with Gasteiger partial charge in [0.15, 0.2) is 0 Å². The van der Waals surface area contributed by atoms with E-state index in [1.54, 1.807) is 6.07 Å². The molecule has 1 aromatic rings. The first-order valence-electron chi connectivity index (χ1n) is 8.63. The molecule has 0 spiro atoms. The Morgan fingerprint density at radius 2 is 1.82 bits per heavy atom. The zero-order valence-electron chi connectivity index (χ0n) is 13.3. The molecular formula is C18H27FN2O. The Morgan fingerprint density at radius 1 is 1.09 bits per heavy atom. The minimum absolute atomic E-state index is 0.146. The highest BCUT2D eigenvalue weighted by Gasteiger charge is 2.28. The predicted octanol–water partition coefficient (Wildman–Crippen LogP) is 3.21. The molecular weight excluding hydrogens is 279 g/mol. The summed E-state index contributed by atoms with van der Waals surface area (Å²) in [6, 6.07) is 5.34. The van der Waals surface area contributed by atoms with Gasteiger partial charge in [0.2, 0.25) is 0 Å². The number of halogens is 1. The van der Waals surface area contributed by atoms with Crippen LogP contribution in [0.5, 0.6) is 0 Å². The number of nitrogens with one attached hydrogen (secondary N) is 1. The van der Waals surface area contributed by atoms with Crippen molar-refractivity contribution in [2.45, 2.75) is 57.1 Å². The summed E-state index contributed by atoms with van der Waals surface area (Å²) < 4.78 is 14.2. The van der Waals surface area contributed by atoms with Gasteiger partial charge in [-0.25, -0.2) is 4.39 Å². The third kappa shape index (κ3) is 3.61. The first-order valence-corrected chi connectivity index (χ1v) is 8.63. The van der Waals surface area contributed by atoms with Crippen molar-refractivity contribution < 1.29 is 9.50 Å². The molecule has 4 heteroatoms. The molecule has 0 unspecified atom stereocenters. The molecule has 1 aliphatic carbocycles. The predicted molar refractivity (Wildman–Crippen MR) is 87.6 cm³/mol. The van der Waals surface area contributed by atoms with Crippen LogP contribution in [0.15, 0.2) is 18.2 Å². The van der Waals surface area contributed by atoms with Gasteiger partial charge < -0.3 is 15.3 Å². The van der Waals surface area contributed by atoms with Crippen molar-refractivity contribution >= 4 is 5.69 Å². The van der Waals surface area contributed by atoms with Crippen LogP contribution in [0.2, 0.25) is 0 Å². The molecule has 2 aliphatic rings. The van der Waals surface area contributed by atoms with Crippen LogP contribution in [0.3, 0.4) is 0 Å². The maximum atomic E-state index is 14.2. The van der Waals surface area contributed by atoms with Crippen molar-refractivity contribution in [2.75, 3.05) is 24.5 Å². The molecule has 1 aromatic carbocycles. The zero-order chi connectivity index (χ0) is 15.4. The average molecular weight is 306 g/mol. The molecule has 3 nitrogen and oxygen atoms in total. The third-order valence-corrected chi connectivity index (χ3v) is 5.08. The normalized spacial score (nSPS) is 21.3. The van der Waals surface area contributed by atoms with Crippen LogP contribution in [0.1, 0.15) is 50.5 Å². The second kappa shape index (κ2) is 6.97. The van der Waals surface area contributed by atoms with Crippen LogP contribution in [0, 0.1) is 5.82 Å². The number of aliphatic hydroxyl groups is 1. The topological polar surface area (TPSA) is 35.5 Å². The molecule has 1 aliphatic heterocycles. The lowest BCUT2D eigenvalue weighted by Gasteiger charge is -2.32. The molecule has 2 N–H and O–H groups in total. The fraction of sp³-hybridized carbons (Fsp3) is 0.667. The van der Waals surface area contributed by atoms with Gasteiger partial charge in [-0.1, -0.05) is 25.3 Å². The second-order valence-corrected chi connectivity index (χ2v) is 6.82. The number of hydrogen-bond donors (Lipinski definition) is 2. The zero-order valence-corrected chi connectivity index (χ0v) is 13.3. The maximum Gasteiger partial charge on any atom is 0.129 e. The van der Waals surface area contributed by atoms with E-state index in [0.29, 0.717) is 13.1 Å². The summed E-state index contributed by atoms with van der Waals surface area (Å²) in [6.07, 6.45) is 7.49. The molecule has 0 radical (unpaired) electrons. The van der Waals surface area contributed by atoms with Crippen molar-refractivity contribution in [3.05, 3.63) is 29.6 Å². The third-order valence-electron chi connectivity index (χ3n) is 5.08. The highest BCUT2D eigenvalue weighted by atomic mass is 19.1. The van der Waals surface area contributed by atoms with Crippen molar-refractivity contribution in [1.82, 2.24) is 5.32 Å². The summed E-state index contributed by atoms with van der Waals surface area (Å²) in [6.45, 7) is 3.07. The first-order chi connectivity index (χ1) is 10.7. The smallest absolute Gasteiger partial charge is 0.129 e. The lowest BCUT2D eigenvalue weighted by molar-refractivity contribution is 0.00462. The molecule has 3 rings (SSSR count). The number of rotatable bonds is 5. The standard InChI is InChI=1S/C18H27FN2O/c19-16-7-6-8-17(21-11-4-5-12-21)15(16)13-20-14-18(22)9-2-1-3-10-18/h6-8,20,22H,1-5,9-14H2. The fourth-order valence-electron chi connectivity index (χ4n) is 3.78. The van der Waals surface area contributed by atoms with Crippen molar-refractivity contribution in [3.8, 4) is 0 Å². The van der Waals surface area contributed by atoms with E-state index in [4.69, 9.17) is 0 Å². The van der Waals surface area contributed by atoms with E-state index in [1.165, 1.54) is 25.3 Å². The SMILES string of the molecule is OC1(CNCc2c(F)cccc2N2CCCC2)CCCCC1. The Bertz CT molecular complexity index is 494. The second-order valence-electron chi connectivity index (χ2n) is 6.82. The molecule has 0 amide bonds. The van der Waals surface area contributed by atoms with E-state index in [1.807, 2.05) is 6.07 Å². The van der Waals surface area contributed by atoms with Crippen molar-refractivity contribution in [1.29, 1.82) is 0 Å². The Morgan fingerprint density at radius 3 is 2.55 bits per heavy atom. The quantitative estimate of drug-likeness (QED) is 0.877. The summed E-state index contributed by atoms with van der Waals surface area (Å²) in [5.41, 5.74) is 1.15. The molecule has 0 bridgehead atoms. The van der Waals surface area contributed by atoms with Gasteiger partial charge in [0.1, 0.15) is 5.82 Å². The largest absolute Gasteiger partial charge is 0.389 e. The summed E-state index contributed by atoms with van der Waals surface area (Å²) >= 11 is 0. The Kier molecular flexibility index (Phi) is 4.99. The van der Waals surface area contributed by atoms with Crippen molar-refractivity contribution in [2.24, 2.45) is 0 Å². The van der Waals surface area contributed by atoms with Gasteiger partial charge in [0.05, 0.1) is 5.60 Å². The lowest BCUT2D eigenvalue weighted by Crippen LogP contribution is -2.42. The van der Waals surface area contributed by atoms with Gasteiger partial charge >= 0.3 is 0 Å². The van der Waals surface area contributed by atoms with E-state index >= 15 is 0 Å². The molecule has 1 heterocycles. The minimum Gasteiger partial charge on any atom is -0.389 e. The van der Waals surface area contributed by atoms with Gasteiger partial charge in [-0.05, 0) is 37.8 Å². The van der Waals surface area contributed by atoms with Gasteiger partial charge in [0, 0.05) is 37.4 Å². The van der Waals surface area contributed by atoms with Crippen LogP contribution in [-0.2, 0) is 6.54 Å². The Labute approximate surface area is 132 Å². The summed E-state index contributed by atoms with van der Waals surface area (Å²) in [5, 5.41) is 13.8. The van der Waals surface area contributed by atoms with Crippen LogP contribution in [-0.4, -0.2) is 30.3 Å². The summed E-state index contributed by atoms with van der Waals surface area (Å²) in [4.78, 5) is 2.27. The average Bonchev–Trinajstić information content (AvgIpc) is 3.03. The number of benzene rings is 1. The van der Waals surface area contributed by atoms with E-state index in [-0.39, 0.29) is 5.82 Å². The van der Waals surface area contributed by atoms with E-state index in [9.17, 15) is 9.50 Å². The van der Waals surface area contributed by atoms with Crippen LogP contribution >= 0.6 is 0 Å². The highest BCUT2D eigenvalue weighted by molar-refractivity contribution is 5.54. The first kappa shape index (κ1) is 15.8. The Hall–Kier alpha value is -1.13. The monoisotopic (exact) mass is 306 g/mol. The molecule has 2 fully saturated rings. The highest BCUT2D eigenvalue weighted by Crippen LogP contribution is 2.29. The molecule has 0 atom stereocenters. The Balaban J connectivity index is 1.64. The maximum absolute atomic E-state index is 14.2. The van der Waals surface area contributed by atoms with E-state index < -0.39 is 5.60 Å². The minimum atomic E-state index is -0.600. The molecule has 122 valence electrons. The molecule has 22 heavy (non-hydrogen) atoms. The molecule has 1 saturated heterocycles. The number of nitrogens with zero attached hydrogens (tertiary/aromatic N) is 1. The van der Waals surface area contributed by atoms with Crippen LogP contribution in [0.25, 0.3) is 0 Å². The summed E-state index contributed by atoms with van der Waals surface area (Å²) in [7, 11) is 0. The van der Waals surface area contributed by atoms with Gasteiger partial charge in [-0.2, -0.15) is 0 Å². The van der Waals surface area contributed by atoms with Gasteiger partial charge in [0.25, 0.3) is 0 Å².